The summed E-state index contributed by atoms with van der Waals surface area (Å²) in [5.41, 5.74) is 4.90. The summed E-state index contributed by atoms with van der Waals surface area (Å²) >= 11 is 0. The number of hydrogen-bond donors (Lipinski definition) is 1. The monoisotopic (exact) mass is 1110 g/mol. The molecule has 4 aromatic carbocycles. The van der Waals surface area contributed by atoms with Crippen molar-refractivity contribution in [3.63, 3.8) is 0 Å². The number of carbonyl (C=O) groups is 5. The number of halogens is 6. The average Bonchev–Trinajstić information content (AvgIpc) is 3.62. The van der Waals surface area contributed by atoms with E-state index in [4.69, 9.17) is 4.74 Å². The number of ketones is 2. The molecule has 14 nitrogen and oxygen atoms in total. The first-order valence-electron chi connectivity index (χ1n) is 26.6. The summed E-state index contributed by atoms with van der Waals surface area (Å²) < 4.78 is 86.6. The number of hydrogen-bond acceptors (Lipinski definition) is 9. The van der Waals surface area contributed by atoms with E-state index in [2.05, 4.69) is 17.5 Å². The lowest BCUT2D eigenvalue weighted by Gasteiger charge is -2.44. The number of Topliss-reactive ketones (excluding diaryl/α,β-unsaturated/α-hetero) is 2. The third-order valence-electron chi connectivity index (χ3n) is 15.1. The first-order valence-corrected chi connectivity index (χ1v) is 26.6. The predicted molar refractivity (Wildman–Crippen MR) is 290 cm³/mol. The molecule has 0 radical (unpaired) electrons. The summed E-state index contributed by atoms with van der Waals surface area (Å²) in [6.07, 6.45) is -2.27. The van der Waals surface area contributed by atoms with Gasteiger partial charge in [0.1, 0.15) is 5.60 Å². The lowest BCUT2D eigenvalue weighted by molar-refractivity contribution is -0.138. The fourth-order valence-electron chi connectivity index (χ4n) is 11.4. The van der Waals surface area contributed by atoms with Gasteiger partial charge in [-0.15, -0.1) is 0 Å². The SMILES string of the molecule is CN1C(=O)N(c2cccc(C(F)(F)F)c2)C2=C(C(=O)CCC2)C1c1ccc(C#N)cc1C1=CCN(C(=O)OC(C)(C)C)CC1.CN1C(=O)N(c2cccc(C(F)(F)F)c2)C2=C(C(=O)CCC2)C1c1ccc(C#N)cc1C1=CCNCC1. The summed E-state index contributed by atoms with van der Waals surface area (Å²) in [5.74, 6) is -0.311. The van der Waals surface area contributed by atoms with Gasteiger partial charge in [-0.2, -0.15) is 36.9 Å². The van der Waals surface area contributed by atoms with E-state index < -0.39 is 59.3 Å². The van der Waals surface area contributed by atoms with Gasteiger partial charge in [0.25, 0.3) is 0 Å². The van der Waals surface area contributed by atoms with Crippen LogP contribution in [0.5, 0.6) is 0 Å². The van der Waals surface area contributed by atoms with E-state index in [1.807, 2.05) is 12.2 Å². The molecule has 0 spiro atoms. The molecule has 5 amide bonds. The molecule has 0 bridgehead atoms. The Hall–Kier alpha value is -8.49. The van der Waals surface area contributed by atoms with Crippen LogP contribution in [0.15, 0.2) is 120 Å². The molecule has 10 rings (SSSR count). The second-order valence-corrected chi connectivity index (χ2v) is 21.6. The van der Waals surface area contributed by atoms with Crippen molar-refractivity contribution >= 4 is 52.2 Å². The van der Waals surface area contributed by atoms with Gasteiger partial charge in [-0.25, -0.2) is 14.4 Å². The Morgan fingerprint density at radius 1 is 0.617 bits per heavy atom. The number of nitriles is 2. The van der Waals surface area contributed by atoms with E-state index in [-0.39, 0.29) is 35.9 Å². The number of benzene rings is 4. The number of amides is 5. The molecule has 4 aliphatic heterocycles. The fraction of sp³-hybridized carbons (Fsp3) is 0.361. The van der Waals surface area contributed by atoms with Crippen LogP contribution >= 0.6 is 0 Å². The minimum Gasteiger partial charge on any atom is -0.444 e. The van der Waals surface area contributed by atoms with Crippen LogP contribution in [0.2, 0.25) is 0 Å². The van der Waals surface area contributed by atoms with Crippen molar-refractivity contribution in [2.75, 3.05) is 50.1 Å². The Bertz CT molecular complexity index is 3470. The van der Waals surface area contributed by atoms with Gasteiger partial charge in [-0.1, -0.05) is 36.4 Å². The Morgan fingerprint density at radius 2 is 1.09 bits per heavy atom. The van der Waals surface area contributed by atoms with E-state index >= 15 is 0 Å². The maximum Gasteiger partial charge on any atom is 0.416 e. The van der Waals surface area contributed by atoms with Gasteiger partial charge in [0.05, 0.1) is 57.9 Å². The van der Waals surface area contributed by atoms with Crippen LogP contribution in [-0.2, 0) is 26.7 Å². The van der Waals surface area contributed by atoms with Crippen LogP contribution < -0.4 is 15.1 Å². The number of likely N-dealkylation sites (N-methyl/N-ethyl adjacent to an activating group) is 2. The lowest BCUT2D eigenvalue weighted by atomic mass is 9.80. The van der Waals surface area contributed by atoms with Gasteiger partial charge in [0, 0.05) is 69.1 Å². The Morgan fingerprint density at radius 3 is 1.48 bits per heavy atom. The molecule has 1 N–H and O–H groups in total. The molecule has 420 valence electrons. The van der Waals surface area contributed by atoms with Crippen molar-refractivity contribution in [2.24, 2.45) is 0 Å². The van der Waals surface area contributed by atoms with Crippen LogP contribution in [-0.4, -0.2) is 90.3 Å². The molecule has 2 aliphatic carbocycles. The summed E-state index contributed by atoms with van der Waals surface area (Å²) in [5, 5.41) is 22.5. The normalized spacial score (nSPS) is 19.9. The van der Waals surface area contributed by atoms with Gasteiger partial charge < -0.3 is 24.8 Å². The second-order valence-electron chi connectivity index (χ2n) is 21.6. The fourth-order valence-corrected chi connectivity index (χ4v) is 11.4. The van der Waals surface area contributed by atoms with Crippen molar-refractivity contribution < 1.29 is 55.1 Å². The van der Waals surface area contributed by atoms with Gasteiger partial charge >= 0.3 is 30.5 Å². The van der Waals surface area contributed by atoms with Gasteiger partial charge in [-0.05, 0) is 160 Å². The zero-order chi connectivity index (χ0) is 58.3. The van der Waals surface area contributed by atoms with Crippen LogP contribution in [0.3, 0.4) is 0 Å². The predicted octanol–water partition coefficient (Wildman–Crippen LogP) is 12.8. The number of anilines is 2. The maximum absolute atomic E-state index is 14.0. The van der Waals surface area contributed by atoms with Gasteiger partial charge in [-0.3, -0.25) is 19.4 Å². The molecule has 0 saturated carbocycles. The minimum atomic E-state index is -4.60. The van der Waals surface area contributed by atoms with Crippen LogP contribution in [0, 0.1) is 22.7 Å². The molecular weight excluding hydrogens is 1050 g/mol. The number of allylic oxidation sites excluding steroid dienone is 2. The molecule has 4 aromatic rings. The molecule has 2 atom stereocenters. The first-order chi connectivity index (χ1) is 38.4. The van der Waals surface area contributed by atoms with Crippen LogP contribution in [0.4, 0.5) is 52.1 Å². The van der Waals surface area contributed by atoms with E-state index in [0.29, 0.717) is 96.4 Å². The third-order valence-corrected chi connectivity index (χ3v) is 15.1. The number of nitrogens with one attached hydrogen (secondary N) is 1. The van der Waals surface area contributed by atoms with E-state index in [1.165, 1.54) is 50.9 Å². The molecule has 20 heteroatoms. The van der Waals surface area contributed by atoms with Crippen LogP contribution in [0.1, 0.15) is 129 Å². The molecule has 0 aromatic heterocycles. The third kappa shape index (κ3) is 11.6. The van der Waals surface area contributed by atoms with Crippen molar-refractivity contribution in [1.82, 2.24) is 20.0 Å². The minimum absolute atomic E-state index is 0.0367. The Labute approximate surface area is 464 Å². The Balaban J connectivity index is 0.000000198. The van der Waals surface area contributed by atoms with Crippen LogP contribution in [0.25, 0.3) is 11.1 Å². The maximum atomic E-state index is 14.0. The number of carbonyl (C=O) groups excluding carboxylic acids is 5. The summed E-state index contributed by atoms with van der Waals surface area (Å²) in [4.78, 5) is 74.3. The molecule has 6 aliphatic rings. The lowest BCUT2D eigenvalue weighted by Crippen LogP contribution is -2.50. The standard InChI is InChI=1S/C33H33F3N4O4.C28H25F3N4O2/c1-32(2,3)44-31(43)39-15-13-21(14-16-39)25-17-20(19-37)11-12-24(25)29-28-26(9-6-10-27(28)41)40(30(42)38(29)4)23-8-5-7-22(18-23)33(34,35)36;1-34-26(21-9-8-17(16-32)14-22(21)18-10-12-33-13-11-18)25-23(6-3-7-24(25)36)35(27(34)37)20-5-2-4-19(15-20)28(29,30)31/h5,7-8,11-13,17-18,29H,6,9-10,14-16H2,1-4H3;2,4-5,8-10,14-15,26,33H,3,6-7,11-13H2,1H3. The number of nitrogens with zero attached hydrogens (tertiary/aromatic N) is 7. The Kier molecular flexibility index (Phi) is 15.9. The number of rotatable bonds is 6. The van der Waals surface area contributed by atoms with E-state index in [9.17, 15) is 60.8 Å². The highest BCUT2D eigenvalue weighted by Gasteiger charge is 2.47. The highest BCUT2D eigenvalue weighted by atomic mass is 19.4. The summed E-state index contributed by atoms with van der Waals surface area (Å²) in [6.45, 7) is 7.45. The largest absolute Gasteiger partial charge is 0.444 e. The van der Waals surface area contributed by atoms with Gasteiger partial charge in [0.2, 0.25) is 0 Å². The molecule has 0 fully saturated rings. The average molecular weight is 1110 g/mol. The molecular formula is C61H58F6N8O6. The van der Waals surface area contributed by atoms with Gasteiger partial charge in [0.15, 0.2) is 11.6 Å². The highest BCUT2D eigenvalue weighted by molar-refractivity contribution is 6.08. The van der Waals surface area contributed by atoms with E-state index in [1.54, 1.807) is 69.1 Å². The van der Waals surface area contributed by atoms with Crippen molar-refractivity contribution in [1.29, 1.82) is 10.5 Å². The number of ether oxygens (including phenoxy) is 1. The smallest absolute Gasteiger partial charge is 0.416 e. The topological polar surface area (TPSA) is 170 Å². The zero-order valence-corrected chi connectivity index (χ0v) is 45.2. The number of alkyl halides is 6. The summed E-state index contributed by atoms with van der Waals surface area (Å²) in [7, 11) is 3.10. The molecule has 4 heterocycles. The molecule has 0 saturated heterocycles. The highest BCUT2D eigenvalue weighted by Crippen LogP contribution is 2.48. The quantitative estimate of drug-likeness (QED) is 0.185. The summed E-state index contributed by atoms with van der Waals surface area (Å²) in [6, 6.07) is 21.2. The molecule has 2 unspecified atom stereocenters. The zero-order valence-electron chi connectivity index (χ0n) is 45.2. The van der Waals surface area contributed by atoms with Crippen molar-refractivity contribution in [2.45, 2.75) is 102 Å². The van der Waals surface area contributed by atoms with E-state index in [0.717, 1.165) is 59.5 Å². The number of urea groups is 2. The first kappa shape index (κ1) is 57.2. The molecule has 81 heavy (non-hydrogen) atoms. The van der Waals surface area contributed by atoms with Crippen molar-refractivity contribution in [3.8, 4) is 12.1 Å². The second kappa shape index (κ2) is 22.6. The van der Waals surface area contributed by atoms with Crippen molar-refractivity contribution in [3.05, 3.63) is 164 Å².